The van der Waals surface area contributed by atoms with E-state index in [1.807, 2.05) is 19.1 Å². The normalized spacial score (nSPS) is 17.0. The van der Waals surface area contributed by atoms with Gasteiger partial charge in [0.05, 0.1) is 28.2 Å². The highest BCUT2D eigenvalue weighted by Crippen LogP contribution is 2.30. The van der Waals surface area contributed by atoms with Gasteiger partial charge in [0.25, 0.3) is 0 Å². The van der Waals surface area contributed by atoms with Crippen molar-refractivity contribution >= 4 is 32.8 Å². The van der Waals surface area contributed by atoms with E-state index in [1.165, 1.54) is 10.4 Å². The lowest BCUT2D eigenvalue weighted by atomic mass is 9.99. The molecule has 0 fully saturated rings. The van der Waals surface area contributed by atoms with Gasteiger partial charge in [0.15, 0.2) is 0 Å². The first-order valence-corrected chi connectivity index (χ1v) is 12.6. The number of unbranched alkanes of at least 4 members (excludes halogenated alkanes) is 1. The lowest BCUT2D eigenvalue weighted by Gasteiger charge is -2.23. The van der Waals surface area contributed by atoms with Crippen LogP contribution in [0, 0.1) is 0 Å². The third-order valence-corrected chi connectivity index (χ3v) is 8.12. The Kier molecular flexibility index (Phi) is 7.31. The molecule has 148 valence electrons. The Balaban J connectivity index is 1.60. The molecule has 1 aliphatic rings. The summed E-state index contributed by atoms with van der Waals surface area (Å²) in [6, 6.07) is 8.19. The molecule has 0 spiro atoms. The molecule has 0 radical (unpaired) electrons. The third kappa shape index (κ3) is 6.01. The Morgan fingerprint density at radius 3 is 2.70 bits per heavy atom. The zero-order chi connectivity index (χ0) is 19.3. The Morgan fingerprint density at radius 2 is 1.96 bits per heavy atom. The fourth-order valence-electron chi connectivity index (χ4n) is 3.36. The van der Waals surface area contributed by atoms with Crippen molar-refractivity contribution < 1.29 is 8.42 Å². The number of fused-ring (bicyclic) bond motifs is 1. The number of nitrogens with one attached hydrogen (secondary N) is 1. The summed E-state index contributed by atoms with van der Waals surface area (Å²) in [6.45, 7) is 2.97. The van der Waals surface area contributed by atoms with Gasteiger partial charge in [-0.05, 0) is 43.4 Å². The average Bonchev–Trinajstić information content (AvgIpc) is 3.06. The van der Waals surface area contributed by atoms with Gasteiger partial charge in [0, 0.05) is 22.9 Å². The number of benzene rings is 1. The number of aromatic nitrogens is 1. The topological polar surface area (TPSA) is 59.1 Å². The van der Waals surface area contributed by atoms with Crippen LogP contribution in [0.1, 0.15) is 53.4 Å². The summed E-state index contributed by atoms with van der Waals surface area (Å²) in [4.78, 5) is 6.21. The molecular formula is C20H27ClN2O2S2. The van der Waals surface area contributed by atoms with Gasteiger partial charge >= 0.3 is 0 Å². The van der Waals surface area contributed by atoms with Crippen molar-refractivity contribution in [2.24, 2.45) is 0 Å². The molecule has 1 N–H and O–H groups in total. The van der Waals surface area contributed by atoms with Crippen LogP contribution in [0.4, 0.5) is 0 Å². The van der Waals surface area contributed by atoms with Crippen molar-refractivity contribution in [2.75, 3.05) is 18.1 Å². The molecule has 0 amide bonds. The standard InChI is InChI=1S/C20H27ClN2O2S2/c1-2-3-12-27(24,25)13-4-5-19-23-20-17(22-11-10-18(20)26-19)14-15-6-8-16(21)9-7-15/h6-9,17,22H,2-5,10-14H2,1H3. The summed E-state index contributed by atoms with van der Waals surface area (Å²) in [5.74, 6) is 0.578. The van der Waals surface area contributed by atoms with Gasteiger partial charge in [-0.25, -0.2) is 13.4 Å². The summed E-state index contributed by atoms with van der Waals surface area (Å²) in [6.07, 6.45) is 4.97. The Hall–Kier alpha value is -0.950. The molecule has 1 unspecified atom stereocenters. The van der Waals surface area contributed by atoms with Crippen LogP contribution in [-0.2, 0) is 29.1 Å². The first kappa shape index (κ1) is 20.8. The van der Waals surface area contributed by atoms with Crippen LogP contribution in [-0.4, -0.2) is 31.5 Å². The van der Waals surface area contributed by atoms with Crippen molar-refractivity contribution in [2.45, 2.75) is 51.5 Å². The number of hydrogen-bond acceptors (Lipinski definition) is 5. The quantitative estimate of drug-likeness (QED) is 0.646. The van der Waals surface area contributed by atoms with Crippen LogP contribution < -0.4 is 5.32 Å². The largest absolute Gasteiger partial charge is 0.308 e. The number of sulfone groups is 1. The molecule has 0 saturated heterocycles. The summed E-state index contributed by atoms with van der Waals surface area (Å²) in [7, 11) is -2.92. The maximum absolute atomic E-state index is 12.0. The lowest BCUT2D eigenvalue weighted by molar-refractivity contribution is 0.495. The van der Waals surface area contributed by atoms with E-state index in [0.29, 0.717) is 12.2 Å². The first-order chi connectivity index (χ1) is 13.0. The number of rotatable bonds is 9. The summed E-state index contributed by atoms with van der Waals surface area (Å²) < 4.78 is 24.0. The molecule has 1 aromatic heterocycles. The van der Waals surface area contributed by atoms with E-state index < -0.39 is 9.84 Å². The number of hydrogen-bond donors (Lipinski definition) is 1. The molecular weight excluding hydrogens is 400 g/mol. The van der Waals surface area contributed by atoms with Crippen molar-refractivity contribution in [3.63, 3.8) is 0 Å². The highest BCUT2D eigenvalue weighted by atomic mass is 35.5. The predicted octanol–water partition coefficient (Wildman–Crippen LogP) is 4.37. The van der Waals surface area contributed by atoms with Crippen molar-refractivity contribution in [1.82, 2.24) is 10.3 Å². The predicted molar refractivity (Wildman–Crippen MR) is 114 cm³/mol. The Bertz CT molecular complexity index is 847. The fraction of sp³-hybridized carbons (Fsp3) is 0.550. The maximum atomic E-state index is 12.0. The van der Waals surface area contributed by atoms with Crippen molar-refractivity contribution in [3.8, 4) is 0 Å². The van der Waals surface area contributed by atoms with E-state index in [-0.39, 0.29) is 11.8 Å². The van der Waals surface area contributed by atoms with Crippen LogP contribution in [0.25, 0.3) is 0 Å². The van der Waals surface area contributed by atoms with E-state index in [9.17, 15) is 8.42 Å². The molecule has 2 aromatic rings. The van der Waals surface area contributed by atoms with E-state index in [1.54, 1.807) is 11.3 Å². The molecule has 7 heteroatoms. The second-order valence-electron chi connectivity index (χ2n) is 7.11. The Labute approximate surface area is 171 Å². The van der Waals surface area contributed by atoms with Gasteiger partial charge in [-0.2, -0.15) is 0 Å². The van der Waals surface area contributed by atoms with Crippen molar-refractivity contribution in [3.05, 3.63) is 50.4 Å². The molecule has 4 nitrogen and oxygen atoms in total. The second kappa shape index (κ2) is 9.50. The first-order valence-electron chi connectivity index (χ1n) is 9.63. The number of nitrogens with zero attached hydrogens (tertiary/aromatic N) is 1. The van der Waals surface area contributed by atoms with Crippen LogP contribution in [0.2, 0.25) is 5.02 Å². The minimum atomic E-state index is -2.92. The molecule has 1 aliphatic heterocycles. The van der Waals surface area contributed by atoms with Gasteiger partial charge in [-0.3, -0.25) is 0 Å². The molecule has 0 aliphatic carbocycles. The number of aryl methyl sites for hydroxylation is 1. The summed E-state index contributed by atoms with van der Waals surface area (Å²) >= 11 is 7.73. The molecule has 27 heavy (non-hydrogen) atoms. The van der Waals surface area contributed by atoms with Gasteiger partial charge in [-0.1, -0.05) is 37.1 Å². The van der Waals surface area contributed by atoms with Crippen molar-refractivity contribution in [1.29, 1.82) is 0 Å². The van der Waals surface area contributed by atoms with Gasteiger partial charge in [0.2, 0.25) is 0 Å². The van der Waals surface area contributed by atoms with E-state index in [4.69, 9.17) is 16.6 Å². The average molecular weight is 427 g/mol. The van der Waals surface area contributed by atoms with Crippen LogP contribution in [0.3, 0.4) is 0 Å². The van der Waals surface area contributed by atoms with E-state index >= 15 is 0 Å². The highest BCUT2D eigenvalue weighted by molar-refractivity contribution is 7.91. The summed E-state index contributed by atoms with van der Waals surface area (Å²) in [5.41, 5.74) is 2.38. The molecule has 1 aromatic carbocycles. The SMILES string of the molecule is CCCCS(=O)(=O)CCCc1nc2c(s1)CCNC2Cc1ccc(Cl)cc1. The lowest BCUT2D eigenvalue weighted by Crippen LogP contribution is -2.30. The number of halogens is 1. The Morgan fingerprint density at radius 1 is 1.22 bits per heavy atom. The zero-order valence-corrected chi connectivity index (χ0v) is 18.1. The fourth-order valence-corrected chi connectivity index (χ4v) is 6.18. The molecule has 2 heterocycles. The van der Waals surface area contributed by atoms with Crippen LogP contribution >= 0.6 is 22.9 Å². The minimum Gasteiger partial charge on any atom is -0.308 e. The van der Waals surface area contributed by atoms with Crippen LogP contribution in [0.15, 0.2) is 24.3 Å². The summed E-state index contributed by atoms with van der Waals surface area (Å²) in [5, 5.41) is 5.39. The maximum Gasteiger partial charge on any atom is 0.150 e. The second-order valence-corrected chi connectivity index (χ2v) is 11.0. The van der Waals surface area contributed by atoms with E-state index in [2.05, 4.69) is 17.4 Å². The minimum absolute atomic E-state index is 0.216. The molecule has 1 atom stereocenters. The molecule has 0 bridgehead atoms. The van der Waals surface area contributed by atoms with E-state index in [0.717, 1.165) is 54.4 Å². The number of thiazole rings is 1. The van der Waals surface area contributed by atoms with Gasteiger partial charge < -0.3 is 5.32 Å². The highest BCUT2D eigenvalue weighted by Gasteiger charge is 2.24. The monoisotopic (exact) mass is 426 g/mol. The zero-order valence-electron chi connectivity index (χ0n) is 15.7. The molecule has 3 rings (SSSR count). The van der Waals surface area contributed by atoms with Crippen LogP contribution in [0.5, 0.6) is 0 Å². The van der Waals surface area contributed by atoms with Gasteiger partial charge in [0.1, 0.15) is 9.84 Å². The smallest absolute Gasteiger partial charge is 0.150 e. The third-order valence-electron chi connectivity index (χ3n) is 4.85. The molecule has 0 saturated carbocycles. The van der Waals surface area contributed by atoms with Gasteiger partial charge in [-0.15, -0.1) is 11.3 Å².